The standard InChI is InChI=1S/C16H25NS/c1-15(2)13-6-8-16(15,3)12-17(11-13)9-7-14-5-4-10-18-14/h4-5,10,13H,6-9,11-12H2,1-3H3/t13?,16-/m1/s1. The summed E-state index contributed by atoms with van der Waals surface area (Å²) in [6.07, 6.45) is 4.11. The van der Waals surface area contributed by atoms with Gasteiger partial charge in [0, 0.05) is 24.5 Å². The van der Waals surface area contributed by atoms with Crippen LogP contribution in [0.1, 0.15) is 38.5 Å². The van der Waals surface area contributed by atoms with Crippen LogP contribution in [0, 0.1) is 16.7 Å². The third-order valence-electron chi connectivity index (χ3n) is 5.93. The van der Waals surface area contributed by atoms with Crippen molar-refractivity contribution in [1.29, 1.82) is 0 Å². The van der Waals surface area contributed by atoms with E-state index in [1.165, 1.54) is 43.8 Å². The first-order valence-electron chi connectivity index (χ1n) is 7.26. The zero-order chi connectivity index (χ0) is 12.8. The summed E-state index contributed by atoms with van der Waals surface area (Å²) in [7, 11) is 0. The molecule has 0 N–H and O–H groups in total. The predicted octanol–water partition coefficient (Wildman–Crippen LogP) is 4.05. The molecule has 100 valence electrons. The van der Waals surface area contributed by atoms with Gasteiger partial charge in [0.25, 0.3) is 0 Å². The molecule has 2 aliphatic rings. The third kappa shape index (κ3) is 1.94. The van der Waals surface area contributed by atoms with Gasteiger partial charge in [-0.3, -0.25) is 0 Å². The highest BCUT2D eigenvalue weighted by Crippen LogP contribution is 2.58. The molecule has 2 fully saturated rings. The van der Waals surface area contributed by atoms with Crippen LogP contribution in [0.5, 0.6) is 0 Å². The molecule has 1 saturated carbocycles. The van der Waals surface area contributed by atoms with E-state index in [1.54, 1.807) is 0 Å². The predicted molar refractivity (Wildman–Crippen MR) is 79.1 cm³/mol. The fourth-order valence-corrected chi connectivity index (χ4v) is 4.73. The number of rotatable bonds is 3. The number of thiophene rings is 1. The third-order valence-corrected chi connectivity index (χ3v) is 6.86. The van der Waals surface area contributed by atoms with Crippen molar-refractivity contribution in [2.75, 3.05) is 19.6 Å². The van der Waals surface area contributed by atoms with Crippen LogP contribution in [0.3, 0.4) is 0 Å². The second kappa shape index (κ2) is 4.35. The average molecular weight is 263 g/mol. The van der Waals surface area contributed by atoms with Crippen LogP contribution in [0.15, 0.2) is 17.5 Å². The summed E-state index contributed by atoms with van der Waals surface area (Å²) < 4.78 is 0. The van der Waals surface area contributed by atoms with Gasteiger partial charge in [0.05, 0.1) is 0 Å². The van der Waals surface area contributed by atoms with E-state index in [0.29, 0.717) is 10.8 Å². The minimum Gasteiger partial charge on any atom is -0.302 e. The van der Waals surface area contributed by atoms with Crippen LogP contribution in [-0.4, -0.2) is 24.5 Å². The second-order valence-corrected chi connectivity index (χ2v) is 8.11. The van der Waals surface area contributed by atoms with Crippen molar-refractivity contribution in [2.24, 2.45) is 16.7 Å². The maximum Gasteiger partial charge on any atom is 0.00579 e. The lowest BCUT2D eigenvalue weighted by Crippen LogP contribution is -2.52. The minimum absolute atomic E-state index is 0.547. The van der Waals surface area contributed by atoms with Crippen LogP contribution in [0.2, 0.25) is 0 Å². The van der Waals surface area contributed by atoms with Gasteiger partial charge in [0.2, 0.25) is 0 Å². The van der Waals surface area contributed by atoms with Crippen molar-refractivity contribution < 1.29 is 0 Å². The van der Waals surface area contributed by atoms with Gasteiger partial charge in [-0.25, -0.2) is 0 Å². The lowest BCUT2D eigenvalue weighted by molar-refractivity contribution is -0.0168. The average Bonchev–Trinajstić information content (AvgIpc) is 2.83. The second-order valence-electron chi connectivity index (χ2n) is 7.08. The topological polar surface area (TPSA) is 3.24 Å². The number of nitrogens with zero attached hydrogens (tertiary/aromatic N) is 1. The Bertz CT molecular complexity index is 409. The van der Waals surface area contributed by atoms with E-state index in [4.69, 9.17) is 0 Å². The Kier molecular flexibility index (Phi) is 3.06. The van der Waals surface area contributed by atoms with Crippen molar-refractivity contribution in [2.45, 2.75) is 40.0 Å². The molecule has 0 radical (unpaired) electrons. The molecule has 0 amide bonds. The molecule has 1 aliphatic carbocycles. The van der Waals surface area contributed by atoms with E-state index < -0.39 is 0 Å². The van der Waals surface area contributed by atoms with Gasteiger partial charge >= 0.3 is 0 Å². The molecule has 2 heterocycles. The molecule has 1 aliphatic heterocycles. The lowest BCUT2D eigenvalue weighted by Gasteiger charge is -2.50. The molecule has 0 spiro atoms. The Morgan fingerprint density at radius 2 is 2.22 bits per heavy atom. The smallest absolute Gasteiger partial charge is 0.00579 e. The van der Waals surface area contributed by atoms with Gasteiger partial charge in [-0.15, -0.1) is 11.3 Å². The Hall–Kier alpha value is -0.340. The van der Waals surface area contributed by atoms with E-state index in [9.17, 15) is 0 Å². The number of likely N-dealkylation sites (tertiary alicyclic amines) is 1. The Morgan fingerprint density at radius 3 is 2.89 bits per heavy atom. The molecular formula is C16H25NS. The molecule has 1 nitrogen and oxygen atoms in total. The van der Waals surface area contributed by atoms with Crippen molar-refractivity contribution in [3.05, 3.63) is 22.4 Å². The van der Waals surface area contributed by atoms with Crippen molar-refractivity contribution >= 4 is 11.3 Å². The number of hydrogen-bond acceptors (Lipinski definition) is 2. The first kappa shape index (κ1) is 12.7. The summed E-state index contributed by atoms with van der Waals surface area (Å²) in [5.41, 5.74) is 1.10. The normalized spacial score (nSPS) is 34.9. The summed E-state index contributed by atoms with van der Waals surface area (Å²) in [6.45, 7) is 11.4. The van der Waals surface area contributed by atoms with Crippen LogP contribution < -0.4 is 0 Å². The summed E-state index contributed by atoms with van der Waals surface area (Å²) in [5.74, 6) is 0.916. The molecule has 2 atom stereocenters. The van der Waals surface area contributed by atoms with Crippen molar-refractivity contribution in [3.8, 4) is 0 Å². The fraction of sp³-hybridized carbons (Fsp3) is 0.750. The fourth-order valence-electron chi connectivity index (χ4n) is 4.03. The summed E-state index contributed by atoms with van der Waals surface area (Å²) >= 11 is 1.90. The molecule has 1 unspecified atom stereocenters. The van der Waals surface area contributed by atoms with Crippen molar-refractivity contribution in [3.63, 3.8) is 0 Å². The largest absolute Gasteiger partial charge is 0.302 e. The molecule has 2 heteroatoms. The van der Waals surface area contributed by atoms with Gasteiger partial charge in [-0.05, 0) is 47.5 Å². The SMILES string of the molecule is CC1(C)C2CC[C@]1(C)CN(CCc1cccs1)C2. The van der Waals surface area contributed by atoms with Gasteiger partial charge in [-0.1, -0.05) is 26.8 Å². The summed E-state index contributed by atoms with van der Waals surface area (Å²) in [6, 6.07) is 4.44. The van der Waals surface area contributed by atoms with Crippen LogP contribution in [0.4, 0.5) is 0 Å². The van der Waals surface area contributed by atoms with E-state index in [-0.39, 0.29) is 0 Å². The molecular weight excluding hydrogens is 238 g/mol. The molecule has 1 aromatic rings. The number of fused-ring (bicyclic) bond motifs is 2. The maximum absolute atomic E-state index is 2.72. The Morgan fingerprint density at radius 1 is 1.39 bits per heavy atom. The zero-order valence-electron chi connectivity index (χ0n) is 11.9. The highest BCUT2D eigenvalue weighted by atomic mass is 32.1. The van der Waals surface area contributed by atoms with Crippen molar-refractivity contribution in [1.82, 2.24) is 4.90 Å². The highest BCUT2D eigenvalue weighted by Gasteiger charge is 2.55. The number of piperidine rings is 1. The van der Waals surface area contributed by atoms with E-state index in [0.717, 1.165) is 5.92 Å². The molecule has 1 saturated heterocycles. The molecule has 18 heavy (non-hydrogen) atoms. The van der Waals surface area contributed by atoms with Gasteiger partial charge in [0.15, 0.2) is 0 Å². The van der Waals surface area contributed by atoms with Gasteiger partial charge in [0.1, 0.15) is 0 Å². The quantitative estimate of drug-likeness (QED) is 0.795. The molecule has 3 rings (SSSR count). The maximum atomic E-state index is 2.72. The van der Waals surface area contributed by atoms with Gasteiger partial charge < -0.3 is 4.90 Å². The monoisotopic (exact) mass is 263 g/mol. The summed E-state index contributed by atoms with van der Waals surface area (Å²) in [4.78, 5) is 4.26. The van der Waals surface area contributed by atoms with Crippen LogP contribution in [-0.2, 0) is 6.42 Å². The molecule has 2 bridgehead atoms. The highest BCUT2D eigenvalue weighted by molar-refractivity contribution is 7.09. The first-order chi connectivity index (χ1) is 8.51. The molecule has 1 aromatic heterocycles. The zero-order valence-corrected chi connectivity index (χ0v) is 12.7. The van der Waals surface area contributed by atoms with E-state index >= 15 is 0 Å². The molecule has 0 aromatic carbocycles. The van der Waals surface area contributed by atoms with Crippen LogP contribution in [0.25, 0.3) is 0 Å². The Balaban J connectivity index is 1.64. The minimum atomic E-state index is 0.547. The summed E-state index contributed by atoms with van der Waals surface area (Å²) in [5, 5.41) is 2.19. The lowest BCUT2D eigenvalue weighted by atomic mass is 9.63. The van der Waals surface area contributed by atoms with E-state index in [2.05, 4.69) is 43.2 Å². The number of hydrogen-bond donors (Lipinski definition) is 0. The van der Waals surface area contributed by atoms with Gasteiger partial charge in [-0.2, -0.15) is 0 Å². The van der Waals surface area contributed by atoms with Crippen LogP contribution >= 0.6 is 11.3 Å². The Labute approximate surface area is 115 Å². The first-order valence-corrected chi connectivity index (χ1v) is 8.14. The van der Waals surface area contributed by atoms with E-state index in [1.807, 2.05) is 11.3 Å².